The largest absolute Gasteiger partial charge is 0.493 e. The molecule has 0 aliphatic carbocycles. The fourth-order valence-corrected chi connectivity index (χ4v) is 3.91. The molecule has 1 heterocycles. The fraction of sp³-hybridized carbons (Fsp3) is 0.107. The lowest BCUT2D eigenvalue weighted by atomic mass is 10.2. The zero-order chi connectivity index (χ0) is 30.4. The molecule has 0 saturated heterocycles. The lowest BCUT2D eigenvalue weighted by Crippen LogP contribution is -2.34. The molecule has 0 spiro atoms. The first kappa shape index (κ1) is 28.9. The average molecular weight is 573 g/mol. The highest BCUT2D eigenvalue weighted by atomic mass is 16.6. The predicted octanol–water partition coefficient (Wildman–Crippen LogP) is 2.71. The monoisotopic (exact) mass is 572 g/mol. The van der Waals surface area contributed by atoms with Crippen LogP contribution in [-0.2, 0) is 16.6 Å². The Bertz CT molecular complexity index is 1770. The number of hydrogen-bond acceptors (Lipinski definition) is 9. The highest BCUT2D eigenvalue weighted by molar-refractivity contribution is 6.39. The first-order chi connectivity index (χ1) is 20.1. The van der Waals surface area contributed by atoms with Gasteiger partial charge in [0.05, 0.1) is 29.6 Å². The standard InChI is InChI=1S/C28H24N6O8/c1-17-24(27(37)33(32(17)2)19-9-5-4-6-10-19)30-25(35)26(36)31-29-16-18-13-14-22(23(15-18)41-3)42-28(38)20-11-7-8-12-21(20)34(39)40/h4-16H,1-3H3,(H,30,35)(H,31,36)/b29-16+. The molecule has 0 saturated carbocycles. The normalized spacial score (nSPS) is 10.7. The summed E-state index contributed by atoms with van der Waals surface area (Å²) in [6.45, 7) is 1.63. The molecule has 4 aromatic rings. The van der Waals surface area contributed by atoms with Crippen molar-refractivity contribution in [1.82, 2.24) is 14.8 Å². The second-order valence-corrected chi connectivity index (χ2v) is 8.66. The van der Waals surface area contributed by atoms with Gasteiger partial charge in [0.2, 0.25) is 0 Å². The van der Waals surface area contributed by atoms with Crippen molar-refractivity contribution < 1.29 is 28.8 Å². The van der Waals surface area contributed by atoms with Gasteiger partial charge in [0.15, 0.2) is 11.5 Å². The van der Waals surface area contributed by atoms with Gasteiger partial charge in [0, 0.05) is 13.1 Å². The highest BCUT2D eigenvalue weighted by Gasteiger charge is 2.23. The molecule has 0 atom stereocenters. The number of esters is 1. The number of hydrogen-bond donors (Lipinski definition) is 2. The molecule has 2 N–H and O–H groups in total. The molecule has 0 radical (unpaired) electrons. The highest BCUT2D eigenvalue weighted by Crippen LogP contribution is 2.29. The van der Waals surface area contributed by atoms with Crippen LogP contribution < -0.4 is 25.8 Å². The number of aromatic nitrogens is 2. The molecule has 214 valence electrons. The minimum Gasteiger partial charge on any atom is -0.493 e. The number of para-hydroxylation sites is 2. The Morgan fingerprint density at radius 3 is 2.36 bits per heavy atom. The van der Waals surface area contributed by atoms with Crippen molar-refractivity contribution in [3.05, 3.63) is 110 Å². The molecule has 4 rings (SSSR count). The van der Waals surface area contributed by atoms with Crippen LogP contribution in [0.25, 0.3) is 5.69 Å². The van der Waals surface area contributed by atoms with Gasteiger partial charge in [0.1, 0.15) is 11.3 Å². The van der Waals surface area contributed by atoms with Crippen LogP contribution in [-0.4, -0.2) is 45.4 Å². The van der Waals surface area contributed by atoms with Crippen molar-refractivity contribution in [2.45, 2.75) is 6.92 Å². The summed E-state index contributed by atoms with van der Waals surface area (Å²) in [4.78, 5) is 60.8. The van der Waals surface area contributed by atoms with Gasteiger partial charge < -0.3 is 14.8 Å². The summed E-state index contributed by atoms with van der Waals surface area (Å²) in [7, 11) is 2.97. The molecule has 2 amide bonds. The summed E-state index contributed by atoms with van der Waals surface area (Å²) in [5.41, 5.74) is 2.28. The lowest BCUT2D eigenvalue weighted by molar-refractivity contribution is -0.385. The Labute approximate surface area is 237 Å². The molecule has 0 bridgehead atoms. The number of carbonyl (C=O) groups excluding carboxylic acids is 3. The van der Waals surface area contributed by atoms with Crippen molar-refractivity contribution in [2.24, 2.45) is 12.1 Å². The number of methoxy groups -OCH3 is 1. The molecule has 14 nitrogen and oxygen atoms in total. The van der Waals surface area contributed by atoms with Gasteiger partial charge in [-0.15, -0.1) is 0 Å². The lowest BCUT2D eigenvalue weighted by Gasteiger charge is -2.10. The minimum absolute atomic E-state index is 0.0133. The van der Waals surface area contributed by atoms with Crippen LogP contribution in [0.15, 0.2) is 82.7 Å². The van der Waals surface area contributed by atoms with Gasteiger partial charge in [-0.2, -0.15) is 5.10 Å². The number of rotatable bonds is 8. The van der Waals surface area contributed by atoms with E-state index in [9.17, 15) is 29.3 Å². The molecule has 14 heteroatoms. The number of carbonyl (C=O) groups is 3. The van der Waals surface area contributed by atoms with Crippen LogP contribution in [0.4, 0.5) is 11.4 Å². The average Bonchev–Trinajstić information content (AvgIpc) is 3.20. The van der Waals surface area contributed by atoms with Gasteiger partial charge in [-0.05, 0) is 48.9 Å². The van der Waals surface area contributed by atoms with E-state index in [0.717, 1.165) is 0 Å². The van der Waals surface area contributed by atoms with E-state index >= 15 is 0 Å². The summed E-state index contributed by atoms with van der Waals surface area (Å²) < 4.78 is 13.4. The van der Waals surface area contributed by atoms with E-state index in [0.29, 0.717) is 16.9 Å². The molecule has 0 aliphatic heterocycles. The predicted molar refractivity (Wildman–Crippen MR) is 151 cm³/mol. The summed E-state index contributed by atoms with van der Waals surface area (Å²) >= 11 is 0. The van der Waals surface area contributed by atoms with Crippen molar-refractivity contribution in [3.8, 4) is 17.2 Å². The maximum atomic E-state index is 12.9. The van der Waals surface area contributed by atoms with E-state index in [2.05, 4.69) is 15.8 Å². The van der Waals surface area contributed by atoms with Gasteiger partial charge in [-0.25, -0.2) is 14.9 Å². The zero-order valence-corrected chi connectivity index (χ0v) is 22.6. The molecule has 0 unspecified atom stereocenters. The second kappa shape index (κ2) is 12.4. The number of hydrazone groups is 1. The number of nitrogens with one attached hydrogen (secondary N) is 2. The van der Waals surface area contributed by atoms with Crippen LogP contribution in [0.5, 0.6) is 11.5 Å². The van der Waals surface area contributed by atoms with Crippen LogP contribution in [0.1, 0.15) is 21.6 Å². The maximum absolute atomic E-state index is 12.9. The summed E-state index contributed by atoms with van der Waals surface area (Å²) in [6, 6.07) is 18.4. The number of ether oxygens (including phenoxy) is 2. The Morgan fingerprint density at radius 2 is 1.67 bits per heavy atom. The Morgan fingerprint density at radius 1 is 0.976 bits per heavy atom. The summed E-state index contributed by atoms with van der Waals surface area (Å²) in [6.07, 6.45) is 1.21. The second-order valence-electron chi connectivity index (χ2n) is 8.66. The van der Waals surface area contributed by atoms with Crippen LogP contribution in [0, 0.1) is 17.0 Å². The SMILES string of the molecule is COc1cc(/C=N/NC(=O)C(=O)Nc2c(C)n(C)n(-c3ccccc3)c2=O)ccc1OC(=O)c1ccccc1[N+](=O)[O-]. The Kier molecular flexibility index (Phi) is 8.56. The number of nitrogens with zero attached hydrogens (tertiary/aromatic N) is 4. The molecular formula is C28H24N6O8. The molecule has 0 aliphatic rings. The van der Waals surface area contributed by atoms with Crippen LogP contribution in [0.2, 0.25) is 0 Å². The topological polar surface area (TPSA) is 176 Å². The Balaban J connectivity index is 1.42. The van der Waals surface area contributed by atoms with Gasteiger partial charge in [-0.3, -0.25) is 29.2 Å². The zero-order valence-electron chi connectivity index (χ0n) is 22.6. The summed E-state index contributed by atoms with van der Waals surface area (Å²) in [5.74, 6) is -3.09. The third-order valence-electron chi connectivity index (χ3n) is 6.09. The van der Waals surface area contributed by atoms with Crippen molar-refractivity contribution in [2.75, 3.05) is 12.4 Å². The quantitative estimate of drug-likeness (QED) is 0.0809. The van der Waals surface area contributed by atoms with E-state index in [-0.39, 0.29) is 22.7 Å². The third kappa shape index (κ3) is 6.07. The number of anilines is 1. The molecular weight excluding hydrogens is 548 g/mol. The van der Waals surface area contributed by atoms with Crippen molar-refractivity contribution in [1.29, 1.82) is 0 Å². The van der Waals surface area contributed by atoms with E-state index < -0.39 is 34.0 Å². The first-order valence-corrected chi connectivity index (χ1v) is 12.2. The number of amides is 2. The van der Waals surface area contributed by atoms with E-state index in [1.54, 1.807) is 49.0 Å². The number of nitro groups is 1. The fourth-order valence-electron chi connectivity index (χ4n) is 3.91. The van der Waals surface area contributed by atoms with Crippen molar-refractivity contribution in [3.63, 3.8) is 0 Å². The number of nitro benzene ring substituents is 1. The third-order valence-corrected chi connectivity index (χ3v) is 6.09. The smallest absolute Gasteiger partial charge is 0.350 e. The van der Waals surface area contributed by atoms with E-state index in [1.807, 2.05) is 0 Å². The number of benzene rings is 3. The van der Waals surface area contributed by atoms with E-state index in [1.165, 1.54) is 60.5 Å². The molecule has 3 aromatic carbocycles. The van der Waals surface area contributed by atoms with Crippen LogP contribution >= 0.6 is 0 Å². The minimum atomic E-state index is -1.12. The summed E-state index contributed by atoms with van der Waals surface area (Å²) in [5, 5.41) is 17.3. The van der Waals surface area contributed by atoms with Gasteiger partial charge in [0.25, 0.3) is 11.2 Å². The van der Waals surface area contributed by atoms with Gasteiger partial charge in [-0.1, -0.05) is 30.3 Å². The first-order valence-electron chi connectivity index (χ1n) is 12.2. The van der Waals surface area contributed by atoms with Gasteiger partial charge >= 0.3 is 17.8 Å². The molecule has 0 fully saturated rings. The Hall–Kier alpha value is -6.05. The van der Waals surface area contributed by atoms with E-state index in [4.69, 9.17) is 9.47 Å². The van der Waals surface area contributed by atoms with Crippen LogP contribution in [0.3, 0.4) is 0 Å². The molecule has 1 aromatic heterocycles. The van der Waals surface area contributed by atoms with Crippen molar-refractivity contribution >= 4 is 35.4 Å². The maximum Gasteiger partial charge on any atom is 0.350 e. The molecule has 42 heavy (non-hydrogen) atoms.